The summed E-state index contributed by atoms with van der Waals surface area (Å²) in [5.74, 6) is -0.171. The molecule has 1 aliphatic rings. The lowest BCUT2D eigenvalue weighted by atomic mass is 9.95. The number of ether oxygens (including phenoxy) is 2. The Bertz CT molecular complexity index is 1860. The van der Waals surface area contributed by atoms with E-state index in [1.165, 1.54) is 29.1 Å². The minimum absolute atomic E-state index is 0.149. The van der Waals surface area contributed by atoms with E-state index in [9.17, 15) is 19.5 Å². The van der Waals surface area contributed by atoms with E-state index in [0.29, 0.717) is 43.4 Å². The van der Waals surface area contributed by atoms with Gasteiger partial charge in [0.1, 0.15) is 23.3 Å². The molecule has 0 aliphatic carbocycles. The molecule has 0 radical (unpaired) electrons. The van der Waals surface area contributed by atoms with Gasteiger partial charge in [0, 0.05) is 17.2 Å². The number of aromatic carboxylic acids is 1. The van der Waals surface area contributed by atoms with Crippen molar-refractivity contribution in [1.29, 1.82) is 0 Å². The number of benzene rings is 2. The van der Waals surface area contributed by atoms with E-state index >= 15 is 0 Å². The van der Waals surface area contributed by atoms with Crippen molar-refractivity contribution in [2.75, 3.05) is 13.7 Å². The zero-order valence-corrected chi connectivity index (χ0v) is 23.1. The van der Waals surface area contributed by atoms with Crippen molar-refractivity contribution in [3.8, 4) is 17.1 Å². The van der Waals surface area contributed by atoms with Crippen molar-refractivity contribution < 1.29 is 28.6 Å². The fourth-order valence-electron chi connectivity index (χ4n) is 4.70. The highest BCUT2D eigenvalue weighted by Crippen LogP contribution is 2.35. The third-order valence-corrected chi connectivity index (χ3v) is 7.58. The van der Waals surface area contributed by atoms with Crippen LogP contribution in [0, 0.1) is 6.92 Å². The summed E-state index contributed by atoms with van der Waals surface area (Å²) >= 11 is 1.18. The van der Waals surface area contributed by atoms with Crippen molar-refractivity contribution in [2.45, 2.75) is 26.8 Å². The molecule has 1 aliphatic heterocycles. The van der Waals surface area contributed by atoms with Crippen molar-refractivity contribution in [2.24, 2.45) is 4.99 Å². The Morgan fingerprint density at radius 1 is 1.15 bits per heavy atom. The molecule has 2 aromatic carbocycles. The van der Waals surface area contributed by atoms with Gasteiger partial charge in [0.25, 0.3) is 5.56 Å². The molecule has 0 amide bonds. The first-order valence-corrected chi connectivity index (χ1v) is 13.3. The summed E-state index contributed by atoms with van der Waals surface area (Å²) in [5.41, 5.74) is 2.64. The summed E-state index contributed by atoms with van der Waals surface area (Å²) in [4.78, 5) is 43.4. The van der Waals surface area contributed by atoms with E-state index in [1.807, 2.05) is 25.1 Å². The third kappa shape index (κ3) is 4.77. The van der Waals surface area contributed by atoms with Gasteiger partial charge in [-0.25, -0.2) is 14.6 Å². The van der Waals surface area contributed by atoms with Crippen molar-refractivity contribution in [1.82, 2.24) is 4.57 Å². The van der Waals surface area contributed by atoms with Crippen LogP contribution in [-0.4, -0.2) is 35.3 Å². The van der Waals surface area contributed by atoms with E-state index < -0.39 is 18.0 Å². The van der Waals surface area contributed by atoms with Gasteiger partial charge in [-0.3, -0.25) is 9.36 Å². The number of allylic oxidation sites excluding steroid dienone is 1. The van der Waals surface area contributed by atoms with Gasteiger partial charge in [0.2, 0.25) is 0 Å². The molecule has 204 valence electrons. The quantitative estimate of drug-likeness (QED) is 0.340. The second kappa shape index (κ2) is 10.8. The molecule has 2 aromatic heterocycles. The van der Waals surface area contributed by atoms with Gasteiger partial charge in [0.05, 0.1) is 35.1 Å². The van der Waals surface area contributed by atoms with Crippen LogP contribution in [0.3, 0.4) is 0 Å². The lowest BCUT2D eigenvalue weighted by Gasteiger charge is -2.25. The molecule has 4 aromatic rings. The highest BCUT2D eigenvalue weighted by atomic mass is 32.1. The van der Waals surface area contributed by atoms with Crippen molar-refractivity contribution >= 4 is 29.4 Å². The molecule has 0 saturated carbocycles. The number of thiazole rings is 1. The Balaban J connectivity index is 1.65. The fraction of sp³-hybridized carbons (Fsp3) is 0.200. The number of rotatable bonds is 7. The number of hydrogen-bond donors (Lipinski definition) is 1. The number of carboxylic acid groups (broad SMARTS) is 1. The number of carbonyl (C=O) groups excluding carboxylic acids is 1. The number of nitrogens with zero attached hydrogens (tertiary/aromatic N) is 2. The monoisotopic (exact) mass is 558 g/mol. The number of hydrogen-bond acceptors (Lipinski definition) is 8. The molecule has 1 atom stereocenters. The number of methoxy groups -OCH3 is 1. The summed E-state index contributed by atoms with van der Waals surface area (Å²) in [6.07, 6.45) is 1.62. The Kier molecular flexibility index (Phi) is 7.27. The summed E-state index contributed by atoms with van der Waals surface area (Å²) in [5, 5.41) is 9.37. The molecule has 0 unspecified atom stereocenters. The Hall–Kier alpha value is -4.70. The number of esters is 1. The average molecular weight is 559 g/mol. The molecule has 0 bridgehead atoms. The summed E-state index contributed by atoms with van der Waals surface area (Å²) in [6.45, 7) is 5.48. The van der Waals surface area contributed by atoms with E-state index in [-0.39, 0.29) is 23.3 Å². The number of aromatic nitrogens is 1. The van der Waals surface area contributed by atoms with Gasteiger partial charge >= 0.3 is 11.9 Å². The van der Waals surface area contributed by atoms with Crippen LogP contribution >= 0.6 is 11.3 Å². The predicted molar refractivity (Wildman–Crippen MR) is 149 cm³/mol. The van der Waals surface area contributed by atoms with Gasteiger partial charge in [-0.05, 0) is 56.7 Å². The number of fused-ring (bicyclic) bond motifs is 1. The normalized spacial score (nSPS) is 15.0. The first kappa shape index (κ1) is 26.9. The largest absolute Gasteiger partial charge is 0.496 e. The summed E-state index contributed by atoms with van der Waals surface area (Å²) < 4.78 is 18.8. The molecule has 0 saturated heterocycles. The maximum Gasteiger partial charge on any atom is 0.338 e. The molecule has 10 heteroatoms. The van der Waals surface area contributed by atoms with Crippen LogP contribution in [0.15, 0.2) is 80.1 Å². The molecule has 5 rings (SSSR count). The third-order valence-electron chi connectivity index (χ3n) is 6.60. The number of carbonyl (C=O) groups is 2. The Morgan fingerprint density at radius 3 is 2.65 bits per heavy atom. The van der Waals surface area contributed by atoms with Crippen LogP contribution in [-0.2, 0) is 9.53 Å². The molecule has 0 spiro atoms. The molecular weight excluding hydrogens is 532 g/mol. The lowest BCUT2D eigenvalue weighted by molar-refractivity contribution is -0.139. The number of para-hydroxylation sites is 1. The summed E-state index contributed by atoms with van der Waals surface area (Å²) in [6, 6.07) is 14.7. The van der Waals surface area contributed by atoms with E-state index in [1.54, 1.807) is 50.3 Å². The Labute approximate surface area is 232 Å². The maximum absolute atomic E-state index is 13.8. The molecule has 0 fully saturated rings. The minimum atomic E-state index is -1.03. The predicted octanol–water partition coefficient (Wildman–Crippen LogP) is 4.07. The lowest BCUT2D eigenvalue weighted by Crippen LogP contribution is -2.40. The number of carboxylic acids is 1. The molecule has 9 nitrogen and oxygen atoms in total. The van der Waals surface area contributed by atoms with Gasteiger partial charge in [-0.2, -0.15) is 0 Å². The first-order valence-electron chi connectivity index (χ1n) is 12.5. The van der Waals surface area contributed by atoms with Crippen LogP contribution in [0.1, 0.15) is 47.1 Å². The van der Waals surface area contributed by atoms with Gasteiger partial charge in [-0.15, -0.1) is 0 Å². The van der Waals surface area contributed by atoms with Crippen LogP contribution in [0.2, 0.25) is 0 Å². The smallest absolute Gasteiger partial charge is 0.338 e. The fourth-order valence-corrected chi connectivity index (χ4v) is 5.73. The second-order valence-corrected chi connectivity index (χ2v) is 10.1. The number of furan rings is 1. The molecule has 3 heterocycles. The highest BCUT2D eigenvalue weighted by Gasteiger charge is 2.35. The van der Waals surface area contributed by atoms with E-state index in [2.05, 4.69) is 4.99 Å². The van der Waals surface area contributed by atoms with Crippen molar-refractivity contribution in [3.63, 3.8) is 0 Å². The zero-order chi connectivity index (χ0) is 28.6. The van der Waals surface area contributed by atoms with Crippen LogP contribution in [0.4, 0.5) is 0 Å². The second-order valence-electron chi connectivity index (χ2n) is 9.08. The van der Waals surface area contributed by atoms with E-state index in [0.717, 1.165) is 5.56 Å². The standard InChI is InChI=1S/C30H26N2O7S/c1-5-38-29(36)25-17(3)31-30-32(26(25)20-8-6-7-9-22(20)37-4)27(33)24(40-30)15-19-12-13-23(39-19)21-14-18(28(34)35)11-10-16(21)2/h6-15,26H,5H2,1-4H3,(H,34,35)/b24-15-/t26-/m0/s1. The highest BCUT2D eigenvalue weighted by molar-refractivity contribution is 7.07. The molecule has 40 heavy (non-hydrogen) atoms. The maximum atomic E-state index is 13.8. The zero-order valence-electron chi connectivity index (χ0n) is 22.3. The number of aryl methyl sites for hydroxylation is 1. The SMILES string of the molecule is CCOC(=O)C1=C(C)N=c2s/c(=C\c3ccc(-c4cc(C(=O)O)ccc4C)o3)c(=O)n2[C@H]1c1ccccc1OC. The van der Waals surface area contributed by atoms with Gasteiger partial charge in [0.15, 0.2) is 4.80 Å². The minimum Gasteiger partial charge on any atom is -0.496 e. The van der Waals surface area contributed by atoms with Crippen molar-refractivity contribution in [3.05, 3.63) is 108 Å². The molecular formula is C30H26N2O7S. The Morgan fingerprint density at radius 2 is 1.93 bits per heavy atom. The first-order chi connectivity index (χ1) is 19.2. The van der Waals surface area contributed by atoms with Gasteiger partial charge in [-0.1, -0.05) is 35.6 Å². The van der Waals surface area contributed by atoms with Gasteiger partial charge < -0.3 is 19.0 Å². The average Bonchev–Trinajstić information content (AvgIpc) is 3.52. The summed E-state index contributed by atoms with van der Waals surface area (Å²) in [7, 11) is 1.53. The van der Waals surface area contributed by atoms with Crippen LogP contribution in [0.5, 0.6) is 5.75 Å². The van der Waals surface area contributed by atoms with E-state index in [4.69, 9.17) is 13.9 Å². The topological polar surface area (TPSA) is 120 Å². The van der Waals surface area contributed by atoms with Crippen LogP contribution < -0.4 is 19.6 Å². The van der Waals surface area contributed by atoms with Crippen LogP contribution in [0.25, 0.3) is 17.4 Å². The molecule has 1 N–H and O–H groups in total.